The van der Waals surface area contributed by atoms with Gasteiger partial charge in [0.1, 0.15) is 5.82 Å². The third-order valence-corrected chi connectivity index (χ3v) is 1.34. The first kappa shape index (κ1) is 8.16. The van der Waals surface area contributed by atoms with E-state index in [9.17, 15) is 4.39 Å². The molecular weight excluding hydrogens is 148 g/mol. The number of aryl methyl sites for hydroxylation is 1. The van der Waals surface area contributed by atoms with E-state index in [-0.39, 0.29) is 11.2 Å². The molecule has 0 aliphatic heterocycles. The summed E-state index contributed by atoms with van der Waals surface area (Å²) < 4.78 is 12.7. The van der Waals surface area contributed by atoms with Gasteiger partial charge in [0.05, 0.1) is 5.69 Å². The molecule has 11 heavy (non-hydrogen) atoms. The average molecular weight is 155 g/mol. The maximum atomic E-state index is 12.7. The zero-order valence-corrected chi connectivity index (χ0v) is 5.95. The SMILES string of the molecule is Cc1ncc(B(O)O)cc1F. The highest BCUT2D eigenvalue weighted by Gasteiger charge is 2.12. The molecular formula is C6H7BFNO2. The van der Waals surface area contributed by atoms with Crippen molar-refractivity contribution in [2.75, 3.05) is 0 Å². The number of hydrogen-bond acceptors (Lipinski definition) is 3. The minimum absolute atomic E-state index is 0.0631. The first-order valence-corrected chi connectivity index (χ1v) is 3.09. The number of hydrogen-bond donors (Lipinski definition) is 2. The fourth-order valence-corrected chi connectivity index (χ4v) is 0.662. The van der Waals surface area contributed by atoms with E-state index in [1.807, 2.05) is 0 Å². The van der Waals surface area contributed by atoms with Crippen molar-refractivity contribution in [3.63, 3.8) is 0 Å². The van der Waals surface area contributed by atoms with Gasteiger partial charge in [0.2, 0.25) is 0 Å². The van der Waals surface area contributed by atoms with Gasteiger partial charge in [0.15, 0.2) is 0 Å². The number of aromatic nitrogens is 1. The molecule has 0 aliphatic rings. The van der Waals surface area contributed by atoms with Crippen LogP contribution in [0, 0.1) is 12.7 Å². The molecule has 0 atom stereocenters. The van der Waals surface area contributed by atoms with Crippen molar-refractivity contribution >= 4 is 12.6 Å². The predicted octanol–water partition coefficient (Wildman–Crippen LogP) is -0.791. The Kier molecular flexibility index (Phi) is 2.21. The van der Waals surface area contributed by atoms with E-state index in [0.29, 0.717) is 0 Å². The summed E-state index contributed by atoms with van der Waals surface area (Å²) in [5, 5.41) is 17.2. The third kappa shape index (κ3) is 1.75. The van der Waals surface area contributed by atoms with Crippen LogP contribution in [0.15, 0.2) is 12.3 Å². The summed E-state index contributed by atoms with van der Waals surface area (Å²) in [6, 6.07) is 1.05. The Balaban J connectivity index is 3.05. The molecule has 0 bridgehead atoms. The van der Waals surface area contributed by atoms with Crippen LogP contribution in [-0.4, -0.2) is 22.2 Å². The first-order chi connectivity index (χ1) is 5.11. The quantitative estimate of drug-likeness (QED) is 0.522. The maximum Gasteiger partial charge on any atom is 0.490 e. The minimum Gasteiger partial charge on any atom is -0.423 e. The molecule has 0 aromatic carbocycles. The topological polar surface area (TPSA) is 53.4 Å². The van der Waals surface area contributed by atoms with Crippen LogP contribution in [0.5, 0.6) is 0 Å². The summed E-state index contributed by atoms with van der Waals surface area (Å²) in [6.07, 6.45) is 1.23. The zero-order valence-electron chi connectivity index (χ0n) is 5.95. The molecule has 1 aromatic heterocycles. The van der Waals surface area contributed by atoms with E-state index in [2.05, 4.69) is 4.98 Å². The van der Waals surface area contributed by atoms with Crippen LogP contribution in [0.1, 0.15) is 5.69 Å². The van der Waals surface area contributed by atoms with Crippen molar-refractivity contribution in [3.05, 3.63) is 23.8 Å². The van der Waals surface area contributed by atoms with Crippen LogP contribution in [0.3, 0.4) is 0 Å². The molecule has 0 saturated heterocycles. The Morgan fingerprint density at radius 3 is 2.64 bits per heavy atom. The molecule has 0 radical (unpaired) electrons. The second kappa shape index (κ2) is 2.98. The molecule has 1 rings (SSSR count). The molecule has 2 N–H and O–H groups in total. The lowest BCUT2D eigenvalue weighted by Gasteiger charge is -1.99. The van der Waals surface area contributed by atoms with Gasteiger partial charge in [-0.3, -0.25) is 4.98 Å². The van der Waals surface area contributed by atoms with Crippen LogP contribution >= 0.6 is 0 Å². The van der Waals surface area contributed by atoms with Gasteiger partial charge in [-0.05, 0) is 13.0 Å². The Labute approximate surface area is 63.7 Å². The summed E-state index contributed by atoms with van der Waals surface area (Å²) in [6.45, 7) is 1.50. The van der Waals surface area contributed by atoms with Gasteiger partial charge in [-0.25, -0.2) is 4.39 Å². The molecule has 3 nitrogen and oxygen atoms in total. The van der Waals surface area contributed by atoms with Gasteiger partial charge in [0, 0.05) is 11.7 Å². The lowest BCUT2D eigenvalue weighted by atomic mass is 9.81. The van der Waals surface area contributed by atoms with Gasteiger partial charge in [0.25, 0.3) is 0 Å². The third-order valence-electron chi connectivity index (χ3n) is 1.34. The molecule has 5 heteroatoms. The summed E-state index contributed by atoms with van der Waals surface area (Å²) in [4.78, 5) is 3.60. The molecule has 0 unspecified atom stereocenters. The molecule has 0 amide bonds. The lowest BCUT2D eigenvalue weighted by molar-refractivity contribution is 0.425. The zero-order chi connectivity index (χ0) is 8.43. The summed E-state index contributed by atoms with van der Waals surface area (Å²) in [5.74, 6) is -0.532. The van der Waals surface area contributed by atoms with Crippen molar-refractivity contribution in [2.45, 2.75) is 6.92 Å². The number of halogens is 1. The fraction of sp³-hybridized carbons (Fsp3) is 0.167. The molecule has 0 saturated carbocycles. The second-order valence-corrected chi connectivity index (χ2v) is 2.21. The molecule has 1 heterocycles. The monoisotopic (exact) mass is 155 g/mol. The summed E-state index contributed by atoms with van der Waals surface area (Å²) in [7, 11) is -1.66. The smallest absolute Gasteiger partial charge is 0.423 e. The van der Waals surface area contributed by atoms with Crippen molar-refractivity contribution in [2.24, 2.45) is 0 Å². The average Bonchev–Trinajstić information content (AvgIpc) is 1.94. The standard InChI is InChI=1S/C6H7BFNO2/c1-4-6(8)2-5(3-9-4)7(10)11/h2-3,10-11H,1H3. The number of nitrogens with zero attached hydrogens (tertiary/aromatic N) is 1. The van der Waals surface area contributed by atoms with Crippen LogP contribution < -0.4 is 5.46 Å². The molecule has 0 spiro atoms. The van der Waals surface area contributed by atoms with Crippen LogP contribution in [0.25, 0.3) is 0 Å². The lowest BCUT2D eigenvalue weighted by Crippen LogP contribution is -2.30. The van der Waals surface area contributed by atoms with E-state index in [0.717, 1.165) is 6.07 Å². The highest BCUT2D eigenvalue weighted by molar-refractivity contribution is 6.58. The van der Waals surface area contributed by atoms with Crippen molar-refractivity contribution in [3.8, 4) is 0 Å². The Hall–Kier alpha value is -0.935. The molecule has 0 aliphatic carbocycles. The maximum absolute atomic E-state index is 12.7. The summed E-state index contributed by atoms with van der Waals surface area (Å²) >= 11 is 0. The number of pyridine rings is 1. The van der Waals surface area contributed by atoms with Crippen molar-refractivity contribution < 1.29 is 14.4 Å². The van der Waals surface area contributed by atoms with Crippen LogP contribution in [-0.2, 0) is 0 Å². The Bertz CT molecular complexity index is 267. The van der Waals surface area contributed by atoms with E-state index >= 15 is 0 Å². The van der Waals surface area contributed by atoms with Crippen molar-refractivity contribution in [1.82, 2.24) is 4.98 Å². The number of rotatable bonds is 1. The molecule has 0 fully saturated rings. The van der Waals surface area contributed by atoms with Gasteiger partial charge >= 0.3 is 7.12 Å². The highest BCUT2D eigenvalue weighted by Crippen LogP contribution is 1.97. The predicted molar refractivity (Wildman–Crippen MR) is 38.8 cm³/mol. The van der Waals surface area contributed by atoms with Gasteiger partial charge in [-0.1, -0.05) is 0 Å². The van der Waals surface area contributed by atoms with Gasteiger partial charge < -0.3 is 10.0 Å². The van der Waals surface area contributed by atoms with Crippen LogP contribution in [0.2, 0.25) is 0 Å². The second-order valence-electron chi connectivity index (χ2n) is 2.21. The van der Waals surface area contributed by atoms with E-state index in [4.69, 9.17) is 10.0 Å². The molecule has 1 aromatic rings. The van der Waals surface area contributed by atoms with Gasteiger partial charge in [-0.2, -0.15) is 0 Å². The Morgan fingerprint density at radius 1 is 1.55 bits per heavy atom. The largest absolute Gasteiger partial charge is 0.490 e. The molecule has 58 valence electrons. The van der Waals surface area contributed by atoms with Crippen molar-refractivity contribution in [1.29, 1.82) is 0 Å². The van der Waals surface area contributed by atoms with E-state index < -0.39 is 12.9 Å². The summed E-state index contributed by atoms with van der Waals surface area (Å²) in [5.41, 5.74) is 0.308. The highest BCUT2D eigenvalue weighted by atomic mass is 19.1. The fourth-order valence-electron chi connectivity index (χ4n) is 0.662. The normalized spacial score (nSPS) is 9.82. The van der Waals surface area contributed by atoms with E-state index in [1.54, 1.807) is 0 Å². The first-order valence-electron chi connectivity index (χ1n) is 3.09. The van der Waals surface area contributed by atoms with E-state index in [1.165, 1.54) is 13.1 Å². The Morgan fingerprint density at radius 2 is 2.18 bits per heavy atom. The van der Waals surface area contributed by atoms with Crippen LogP contribution in [0.4, 0.5) is 4.39 Å². The minimum atomic E-state index is -1.66. The van der Waals surface area contributed by atoms with Gasteiger partial charge in [-0.15, -0.1) is 0 Å².